The van der Waals surface area contributed by atoms with Crippen molar-refractivity contribution in [3.8, 4) is 0 Å². The Kier molecular flexibility index (Phi) is 4.89. The molecule has 1 aliphatic heterocycles. The number of primary amides is 1. The van der Waals surface area contributed by atoms with Gasteiger partial charge in [0.1, 0.15) is 0 Å². The molecule has 1 amide bonds. The Morgan fingerprint density at radius 1 is 1.62 bits per heavy atom. The molecule has 12 nitrogen and oxygen atoms in total. The fourth-order valence-corrected chi connectivity index (χ4v) is 5.52. The molecule has 6 N–H and O–H groups in total. The number of carbonyl (C=O) groups excluding carboxylic acids is 1. The third-order valence-corrected chi connectivity index (χ3v) is 8.76. The predicted molar refractivity (Wildman–Crippen MR) is 93.3 cm³/mol. The van der Waals surface area contributed by atoms with Crippen LogP contribution in [0.25, 0.3) is 11.2 Å². The third kappa shape index (κ3) is 2.36. The average molecular weight is 447 g/mol. The Bertz CT molecular complexity index is 868. The second-order valence-electron chi connectivity index (χ2n) is 6.01. The Labute approximate surface area is 160 Å². The number of aryl methyl sites for hydroxylation is 1. The van der Waals surface area contributed by atoms with Gasteiger partial charge in [-0.3, -0.25) is 0 Å². The molecule has 3 heterocycles. The Hall–Kier alpha value is -1.49. The number of nitrogens with zero attached hydrogens (tertiary/aromatic N) is 4. The number of aromatic nitrogens is 4. The molecule has 1 aliphatic rings. The summed E-state index contributed by atoms with van der Waals surface area (Å²) < 4.78 is 10.5. The van der Waals surface area contributed by atoms with Crippen molar-refractivity contribution in [3.05, 3.63) is 12.2 Å². The van der Waals surface area contributed by atoms with Crippen LogP contribution in [0.1, 0.15) is 5.82 Å². The van der Waals surface area contributed by atoms with Crippen LogP contribution in [0.4, 0.5) is 5.82 Å². The molecule has 4 atom stereocenters. The zero-order valence-electron chi connectivity index (χ0n) is 13.8. The summed E-state index contributed by atoms with van der Waals surface area (Å²) in [7, 11) is 0. The van der Waals surface area contributed by atoms with Crippen LogP contribution in [-0.4, -0.2) is 80.6 Å². The Morgan fingerprint density at radius 3 is 2.85 bits per heavy atom. The zero-order chi connectivity index (χ0) is 19.3. The molecule has 2 aromatic heterocycles. The van der Waals surface area contributed by atoms with Crippen molar-refractivity contribution in [3.63, 3.8) is 0 Å². The summed E-state index contributed by atoms with van der Waals surface area (Å²) >= 11 is 3.41. The number of carbonyl (C=O) groups is 1. The van der Waals surface area contributed by atoms with Crippen LogP contribution in [0.5, 0.6) is 0 Å². The zero-order valence-corrected chi connectivity index (χ0v) is 18.9. The number of amides is 1. The number of thiol groups is 1. The summed E-state index contributed by atoms with van der Waals surface area (Å²) in [5.74, 6) is -0.704. The number of aliphatic hydroxyl groups excluding tert-OH is 2. The van der Waals surface area contributed by atoms with E-state index in [-0.39, 0.29) is 22.8 Å². The fraction of sp³-hybridized carbons (Fsp3) is 0.500. The molecule has 1 fully saturated rings. The molecule has 14 heteroatoms. The number of nitrogens with one attached hydrogen (secondary N) is 1. The predicted octanol–water partition coefficient (Wildman–Crippen LogP) is -3.25. The van der Waals surface area contributed by atoms with Crippen molar-refractivity contribution in [2.75, 3.05) is 12.1 Å². The van der Waals surface area contributed by atoms with E-state index in [2.05, 4.69) is 27.9 Å². The van der Waals surface area contributed by atoms with Gasteiger partial charge < -0.3 is 0 Å². The quantitative estimate of drug-likeness (QED) is 0.118. The standard InChI is InChI=1S/C12H18GeN6O6S/c1-4-16-8(18-23)6-9(17-4)19(3-15-6)12(10(14)22)11(13,25-26)7(21)5(2-20)24-12/h3,5,7,20-21,23,26H,2H2,1,13H3,(H2,14,22)(H,16,17,18)/t5-,7-,11-,12-/m1/s1. The second-order valence-corrected chi connectivity index (χ2v) is 9.31. The normalized spacial score (nSPS) is 31.6. The van der Waals surface area contributed by atoms with Crippen LogP contribution >= 0.6 is 12.9 Å². The monoisotopic (exact) mass is 448 g/mol. The van der Waals surface area contributed by atoms with Gasteiger partial charge >= 0.3 is 160 Å². The van der Waals surface area contributed by atoms with E-state index in [0.717, 1.165) is 0 Å². The molecule has 0 aliphatic carbocycles. The van der Waals surface area contributed by atoms with Crippen LogP contribution in [0.3, 0.4) is 0 Å². The van der Waals surface area contributed by atoms with E-state index in [4.69, 9.17) is 14.7 Å². The van der Waals surface area contributed by atoms with E-state index >= 15 is 0 Å². The molecular weight excluding hydrogens is 429 g/mol. The van der Waals surface area contributed by atoms with Crippen LogP contribution in [0.15, 0.2) is 6.33 Å². The van der Waals surface area contributed by atoms with Gasteiger partial charge in [-0.05, 0) is 0 Å². The van der Waals surface area contributed by atoms with Crippen molar-refractivity contribution in [2.24, 2.45) is 5.73 Å². The van der Waals surface area contributed by atoms with Gasteiger partial charge in [0.15, 0.2) is 0 Å². The molecule has 0 unspecified atom stereocenters. The first-order valence-electron chi connectivity index (χ1n) is 7.48. The summed E-state index contributed by atoms with van der Waals surface area (Å²) in [6.45, 7) is 0.997. The second kappa shape index (κ2) is 6.59. The number of ether oxygens (including phenoxy) is 1. The molecular formula is C12H18GeN6O6S. The topological polar surface area (TPSA) is 178 Å². The summed E-state index contributed by atoms with van der Waals surface area (Å²) in [5, 5.41) is 29.4. The Morgan fingerprint density at radius 2 is 2.31 bits per heavy atom. The fourth-order valence-electron chi connectivity index (χ4n) is 3.24. The Balaban J connectivity index is 2.35. The van der Waals surface area contributed by atoms with E-state index < -0.39 is 51.4 Å². The molecule has 0 saturated carbocycles. The molecule has 0 spiro atoms. The van der Waals surface area contributed by atoms with E-state index in [9.17, 15) is 20.2 Å². The van der Waals surface area contributed by atoms with E-state index in [1.165, 1.54) is 10.9 Å². The number of rotatable bonds is 5. The minimum absolute atomic E-state index is 0.0122. The van der Waals surface area contributed by atoms with Crippen LogP contribution < -0.4 is 11.2 Å². The van der Waals surface area contributed by atoms with E-state index in [1.807, 2.05) is 5.48 Å². The van der Waals surface area contributed by atoms with Gasteiger partial charge in [0.25, 0.3) is 0 Å². The average Bonchev–Trinajstić information content (AvgIpc) is 3.13. The molecule has 2 aromatic rings. The number of hydrogen-bond acceptors (Lipinski definition) is 11. The number of imidazole rings is 1. The number of fused-ring (bicyclic) bond motifs is 1. The van der Waals surface area contributed by atoms with Crippen molar-refractivity contribution < 1.29 is 29.1 Å². The first-order chi connectivity index (χ1) is 12.3. The summed E-state index contributed by atoms with van der Waals surface area (Å²) in [4.78, 5) is 24.9. The van der Waals surface area contributed by atoms with Crippen LogP contribution in [-0.2, 0) is 19.4 Å². The van der Waals surface area contributed by atoms with Gasteiger partial charge in [-0.15, -0.1) is 0 Å². The maximum absolute atomic E-state index is 12.6. The molecule has 0 aromatic carbocycles. The van der Waals surface area contributed by atoms with Gasteiger partial charge in [0.2, 0.25) is 0 Å². The summed E-state index contributed by atoms with van der Waals surface area (Å²) in [6, 6.07) is 0. The van der Waals surface area contributed by atoms with Crippen LogP contribution in [0, 0.1) is 6.92 Å². The van der Waals surface area contributed by atoms with Gasteiger partial charge in [0, 0.05) is 0 Å². The van der Waals surface area contributed by atoms with E-state index in [0.29, 0.717) is 0 Å². The van der Waals surface area contributed by atoms with Gasteiger partial charge in [-0.1, -0.05) is 0 Å². The molecule has 1 saturated heterocycles. The van der Waals surface area contributed by atoms with Crippen molar-refractivity contribution in [2.45, 2.75) is 29.3 Å². The van der Waals surface area contributed by atoms with Crippen LogP contribution in [0.2, 0.25) is 0 Å². The molecule has 26 heavy (non-hydrogen) atoms. The number of nitrogens with two attached hydrogens (primary N) is 1. The molecule has 142 valence electrons. The van der Waals surface area contributed by atoms with Crippen molar-refractivity contribution in [1.82, 2.24) is 19.5 Å². The maximum atomic E-state index is 12.6. The number of anilines is 1. The van der Waals surface area contributed by atoms with Gasteiger partial charge in [-0.2, -0.15) is 0 Å². The molecule has 3 rings (SSSR count). The van der Waals surface area contributed by atoms with Crippen molar-refractivity contribution >= 4 is 52.3 Å². The van der Waals surface area contributed by atoms with Gasteiger partial charge in [0.05, 0.1) is 0 Å². The first-order valence-corrected chi connectivity index (χ1v) is 9.94. The van der Waals surface area contributed by atoms with Crippen molar-refractivity contribution in [1.29, 1.82) is 0 Å². The van der Waals surface area contributed by atoms with E-state index in [1.54, 1.807) is 6.92 Å². The number of hydrogen-bond donors (Lipinski definition) is 6. The molecule has 0 bridgehead atoms. The summed E-state index contributed by atoms with van der Waals surface area (Å²) in [6.07, 6.45) is -1.29. The first kappa shape index (κ1) is 19.3. The minimum atomic E-state index is -2.05. The summed E-state index contributed by atoms with van der Waals surface area (Å²) in [5.41, 5.74) is 5.76. The molecule has 0 radical (unpaired) electrons. The van der Waals surface area contributed by atoms with Gasteiger partial charge in [-0.25, -0.2) is 0 Å². The third-order valence-electron chi connectivity index (χ3n) is 4.57. The SMILES string of the molecule is Cc1nc(NO)c2ncn([C@]3(C(N)=O)O[C@H](CO)[C@@H](O)[C@@]3([GeH3])OS)c2n1. The number of aliphatic hydroxyl groups is 2.